The third-order valence-electron chi connectivity index (χ3n) is 5.01. The molecule has 2 aromatic carbocycles. The molecule has 8 nitrogen and oxygen atoms in total. The largest absolute Gasteiger partial charge is 0.376 e. The van der Waals surface area contributed by atoms with Crippen LogP contribution in [0.25, 0.3) is 0 Å². The Labute approximate surface area is 192 Å². The molecule has 172 valence electrons. The fraction of sp³-hybridized carbons (Fsp3) is 0.364. The van der Waals surface area contributed by atoms with Crippen molar-refractivity contribution in [2.75, 3.05) is 26.2 Å². The molecule has 2 aromatic rings. The highest BCUT2D eigenvalue weighted by molar-refractivity contribution is 7.89. The molecule has 32 heavy (non-hydrogen) atoms. The maximum absolute atomic E-state index is 12.8. The molecule has 0 bridgehead atoms. The van der Waals surface area contributed by atoms with E-state index in [1.54, 1.807) is 0 Å². The van der Waals surface area contributed by atoms with Gasteiger partial charge in [-0.25, -0.2) is 13.1 Å². The van der Waals surface area contributed by atoms with Gasteiger partial charge in [0.05, 0.1) is 24.1 Å². The number of ether oxygens (including phenoxy) is 1. The summed E-state index contributed by atoms with van der Waals surface area (Å²) in [5.41, 5.74) is 0.938. The molecule has 2 amide bonds. The number of hydrogen-bond acceptors (Lipinski definition) is 5. The Bertz CT molecular complexity index is 1010. The Balaban J connectivity index is 1.59. The Kier molecular flexibility index (Phi) is 8.63. The van der Waals surface area contributed by atoms with E-state index in [2.05, 4.69) is 10.0 Å². The lowest BCUT2D eigenvalue weighted by molar-refractivity contribution is -0.136. The molecule has 3 rings (SSSR count). The van der Waals surface area contributed by atoms with E-state index < -0.39 is 22.5 Å². The predicted octanol–water partition coefficient (Wildman–Crippen LogP) is 1.94. The van der Waals surface area contributed by atoms with E-state index in [1.165, 1.54) is 29.2 Å². The van der Waals surface area contributed by atoms with Gasteiger partial charge in [-0.1, -0.05) is 41.9 Å². The summed E-state index contributed by atoms with van der Waals surface area (Å²) in [6, 6.07) is 15.0. The summed E-state index contributed by atoms with van der Waals surface area (Å²) in [6.45, 7) is 0.513. The van der Waals surface area contributed by atoms with Crippen LogP contribution in [-0.2, 0) is 30.9 Å². The molecule has 10 heteroatoms. The van der Waals surface area contributed by atoms with Gasteiger partial charge in [0.1, 0.15) is 0 Å². The number of nitrogens with one attached hydrogen (secondary N) is 2. The number of nitrogens with zero attached hydrogens (tertiary/aromatic N) is 1. The summed E-state index contributed by atoms with van der Waals surface area (Å²) < 4.78 is 32.8. The van der Waals surface area contributed by atoms with Gasteiger partial charge >= 0.3 is 0 Å². The number of carbonyl (C=O) groups excluding carboxylic acids is 2. The van der Waals surface area contributed by atoms with Crippen LogP contribution in [0, 0.1) is 0 Å². The van der Waals surface area contributed by atoms with Crippen molar-refractivity contribution < 1.29 is 22.7 Å². The van der Waals surface area contributed by atoms with Gasteiger partial charge in [0.2, 0.25) is 21.8 Å². The SMILES string of the molecule is O=C(CN(C[C@H]1CCCO1)C(=O)CNS(=O)(=O)c1ccc(Cl)cc1)NCc1ccccc1. The number of sulfonamides is 1. The van der Waals surface area contributed by atoms with Gasteiger partial charge in [-0.2, -0.15) is 0 Å². The van der Waals surface area contributed by atoms with Crippen LogP contribution < -0.4 is 10.0 Å². The first kappa shape index (κ1) is 24.2. The van der Waals surface area contributed by atoms with E-state index >= 15 is 0 Å². The van der Waals surface area contributed by atoms with E-state index in [4.69, 9.17) is 16.3 Å². The Morgan fingerprint density at radius 1 is 1.09 bits per heavy atom. The zero-order chi connectivity index (χ0) is 23.0. The van der Waals surface area contributed by atoms with Crippen LogP contribution >= 0.6 is 11.6 Å². The number of carbonyl (C=O) groups is 2. The summed E-state index contributed by atoms with van der Waals surface area (Å²) in [7, 11) is -3.90. The lowest BCUT2D eigenvalue weighted by Crippen LogP contribution is -2.47. The quantitative estimate of drug-likeness (QED) is 0.542. The molecule has 0 radical (unpaired) electrons. The second-order valence-corrected chi connectivity index (χ2v) is 9.65. The summed E-state index contributed by atoms with van der Waals surface area (Å²) in [5.74, 6) is -0.839. The van der Waals surface area contributed by atoms with Crippen LogP contribution in [0.4, 0.5) is 0 Å². The third-order valence-corrected chi connectivity index (χ3v) is 6.67. The second kappa shape index (κ2) is 11.4. The zero-order valence-electron chi connectivity index (χ0n) is 17.5. The maximum atomic E-state index is 12.8. The third kappa shape index (κ3) is 7.30. The van der Waals surface area contributed by atoms with Crippen LogP contribution in [0.3, 0.4) is 0 Å². The second-order valence-electron chi connectivity index (χ2n) is 7.45. The molecular formula is C22H26ClN3O5S. The van der Waals surface area contributed by atoms with Crippen LogP contribution in [0.5, 0.6) is 0 Å². The van der Waals surface area contributed by atoms with E-state index in [-0.39, 0.29) is 30.0 Å². The molecule has 2 N–H and O–H groups in total. The number of hydrogen-bond donors (Lipinski definition) is 2. The minimum atomic E-state index is -3.90. The smallest absolute Gasteiger partial charge is 0.241 e. The van der Waals surface area contributed by atoms with E-state index in [9.17, 15) is 18.0 Å². The van der Waals surface area contributed by atoms with Gasteiger partial charge in [0.15, 0.2) is 0 Å². The van der Waals surface area contributed by atoms with Crippen molar-refractivity contribution in [3.8, 4) is 0 Å². The molecule has 0 saturated carbocycles. The van der Waals surface area contributed by atoms with Gasteiger partial charge in [-0.3, -0.25) is 9.59 Å². The first-order valence-corrected chi connectivity index (χ1v) is 12.1. The first-order chi connectivity index (χ1) is 15.3. The first-order valence-electron chi connectivity index (χ1n) is 10.3. The number of rotatable bonds is 10. The van der Waals surface area contributed by atoms with Gasteiger partial charge in [0.25, 0.3) is 0 Å². The van der Waals surface area contributed by atoms with Crippen molar-refractivity contribution in [3.63, 3.8) is 0 Å². The highest BCUT2D eigenvalue weighted by atomic mass is 35.5. The van der Waals surface area contributed by atoms with Crippen LogP contribution in [0.15, 0.2) is 59.5 Å². The molecule has 1 saturated heterocycles. The predicted molar refractivity (Wildman–Crippen MR) is 120 cm³/mol. The fourth-order valence-corrected chi connectivity index (χ4v) is 4.38. The lowest BCUT2D eigenvalue weighted by atomic mass is 10.2. The van der Waals surface area contributed by atoms with Crippen molar-refractivity contribution in [1.29, 1.82) is 0 Å². The van der Waals surface area contributed by atoms with E-state index in [0.717, 1.165) is 18.4 Å². The molecule has 1 fully saturated rings. The van der Waals surface area contributed by atoms with Crippen LogP contribution in [0.2, 0.25) is 5.02 Å². The molecule has 1 heterocycles. The monoisotopic (exact) mass is 479 g/mol. The minimum absolute atomic E-state index is 0.000908. The highest BCUT2D eigenvalue weighted by Gasteiger charge is 2.25. The Morgan fingerprint density at radius 3 is 2.47 bits per heavy atom. The van der Waals surface area contributed by atoms with Crippen molar-refractivity contribution in [1.82, 2.24) is 14.9 Å². The minimum Gasteiger partial charge on any atom is -0.376 e. The molecule has 0 aliphatic carbocycles. The Hall–Kier alpha value is -2.46. The number of benzene rings is 2. The molecule has 0 aromatic heterocycles. The van der Waals surface area contributed by atoms with Gasteiger partial charge in [-0.05, 0) is 42.7 Å². The summed E-state index contributed by atoms with van der Waals surface area (Å²) in [6.07, 6.45) is 1.50. The molecule has 1 aliphatic heterocycles. The van der Waals surface area contributed by atoms with Gasteiger partial charge in [-0.15, -0.1) is 0 Å². The van der Waals surface area contributed by atoms with Crippen LogP contribution in [0.1, 0.15) is 18.4 Å². The van der Waals surface area contributed by atoms with Crippen LogP contribution in [-0.4, -0.2) is 57.5 Å². The number of amides is 2. The van der Waals surface area contributed by atoms with Gasteiger partial charge < -0.3 is 15.0 Å². The highest BCUT2D eigenvalue weighted by Crippen LogP contribution is 2.15. The summed E-state index contributed by atoms with van der Waals surface area (Å²) >= 11 is 5.80. The van der Waals surface area contributed by atoms with Gasteiger partial charge in [0, 0.05) is 24.7 Å². The molecule has 0 spiro atoms. The normalized spacial score (nSPS) is 16.0. The van der Waals surface area contributed by atoms with Crippen molar-refractivity contribution >= 4 is 33.4 Å². The lowest BCUT2D eigenvalue weighted by Gasteiger charge is -2.25. The van der Waals surface area contributed by atoms with E-state index in [1.807, 2.05) is 30.3 Å². The molecule has 1 atom stereocenters. The van der Waals surface area contributed by atoms with Crippen molar-refractivity contribution in [3.05, 3.63) is 65.2 Å². The van der Waals surface area contributed by atoms with Crippen molar-refractivity contribution in [2.45, 2.75) is 30.4 Å². The fourth-order valence-electron chi connectivity index (χ4n) is 3.28. The maximum Gasteiger partial charge on any atom is 0.241 e. The Morgan fingerprint density at radius 2 is 1.81 bits per heavy atom. The molecule has 1 aliphatic rings. The molecule has 0 unspecified atom stereocenters. The standard InChI is InChI=1S/C22H26ClN3O5S/c23-18-8-10-20(11-9-18)32(29,30)25-14-22(28)26(15-19-7-4-12-31-19)16-21(27)24-13-17-5-2-1-3-6-17/h1-3,5-6,8-11,19,25H,4,7,12-16H2,(H,24,27)/t19-/m1/s1. The number of halogens is 1. The average Bonchev–Trinajstić information content (AvgIpc) is 3.30. The van der Waals surface area contributed by atoms with E-state index in [0.29, 0.717) is 18.2 Å². The summed E-state index contributed by atoms with van der Waals surface area (Å²) in [4.78, 5) is 26.6. The topological polar surface area (TPSA) is 105 Å². The average molecular weight is 480 g/mol. The summed E-state index contributed by atoms with van der Waals surface area (Å²) in [5, 5.41) is 3.19. The zero-order valence-corrected chi connectivity index (χ0v) is 19.1. The molecular weight excluding hydrogens is 454 g/mol. The van der Waals surface area contributed by atoms with Crippen molar-refractivity contribution in [2.24, 2.45) is 0 Å².